The van der Waals surface area contributed by atoms with Gasteiger partial charge in [-0.2, -0.15) is 0 Å². The lowest BCUT2D eigenvalue weighted by atomic mass is 9.85. The van der Waals surface area contributed by atoms with E-state index in [1.54, 1.807) is 0 Å². The molecule has 3 rings (SSSR count). The van der Waals surface area contributed by atoms with Crippen LogP contribution in [-0.2, 0) is 11.3 Å². The van der Waals surface area contributed by atoms with Crippen molar-refractivity contribution in [3.8, 4) is 0 Å². The summed E-state index contributed by atoms with van der Waals surface area (Å²) in [5.41, 5.74) is 1.80. The van der Waals surface area contributed by atoms with Crippen LogP contribution >= 0.6 is 0 Å². The van der Waals surface area contributed by atoms with E-state index in [9.17, 15) is 0 Å². The Kier molecular flexibility index (Phi) is 5.11. The Morgan fingerprint density at radius 2 is 1.95 bits per heavy atom. The van der Waals surface area contributed by atoms with Crippen molar-refractivity contribution in [2.75, 3.05) is 33.4 Å². The molecule has 1 atom stereocenters. The molecular weight excluding hydrogens is 274 g/mol. The predicted molar refractivity (Wildman–Crippen MR) is 88.8 cm³/mol. The largest absolute Gasteiger partial charge is 0.380 e. The molecule has 2 aliphatic heterocycles. The van der Waals surface area contributed by atoms with Crippen LogP contribution in [0.5, 0.6) is 0 Å². The van der Waals surface area contributed by atoms with Gasteiger partial charge in [0.05, 0.1) is 6.61 Å². The van der Waals surface area contributed by atoms with Crippen LogP contribution < -0.4 is 0 Å². The molecule has 0 aromatic carbocycles. The Bertz CT molecular complexity index is 457. The minimum Gasteiger partial charge on any atom is -0.380 e. The van der Waals surface area contributed by atoms with E-state index in [1.165, 1.54) is 44.3 Å². The summed E-state index contributed by atoms with van der Waals surface area (Å²) in [5.74, 6) is 0. The summed E-state index contributed by atoms with van der Waals surface area (Å²) in [6, 6.07) is 4.88. The molecule has 1 aromatic heterocycles. The van der Waals surface area contributed by atoms with Gasteiger partial charge in [-0.15, -0.1) is 0 Å². The van der Waals surface area contributed by atoms with Gasteiger partial charge in [0, 0.05) is 50.2 Å². The quantitative estimate of drug-likeness (QED) is 0.836. The first kappa shape index (κ1) is 15.9. The van der Waals surface area contributed by atoms with Crippen molar-refractivity contribution < 1.29 is 4.74 Å². The summed E-state index contributed by atoms with van der Waals surface area (Å²) in [7, 11) is 2.31. The van der Waals surface area contributed by atoms with Crippen LogP contribution in [0.1, 0.15) is 38.2 Å². The average Bonchev–Trinajstić information content (AvgIpc) is 2.85. The lowest BCUT2D eigenvalue weighted by Gasteiger charge is -2.45. The van der Waals surface area contributed by atoms with Crippen LogP contribution in [0.25, 0.3) is 0 Å². The average molecular weight is 303 g/mol. The van der Waals surface area contributed by atoms with Gasteiger partial charge in [0.1, 0.15) is 0 Å². The van der Waals surface area contributed by atoms with Gasteiger partial charge in [0.15, 0.2) is 0 Å². The Morgan fingerprint density at radius 3 is 2.64 bits per heavy atom. The predicted octanol–water partition coefficient (Wildman–Crippen LogP) is 2.55. The molecule has 3 heterocycles. The topological polar surface area (TPSA) is 28.6 Å². The molecule has 0 bridgehead atoms. The van der Waals surface area contributed by atoms with Gasteiger partial charge in [0.25, 0.3) is 0 Å². The smallest absolute Gasteiger partial charge is 0.0621 e. The highest BCUT2D eigenvalue weighted by Gasteiger charge is 2.45. The second-order valence-corrected chi connectivity index (χ2v) is 6.82. The molecule has 2 saturated heterocycles. The lowest BCUT2D eigenvalue weighted by molar-refractivity contribution is 0.0205. The fourth-order valence-electron chi connectivity index (χ4n) is 4.12. The normalized spacial score (nSPS) is 25.8. The molecule has 0 amide bonds. The number of rotatable bonds is 5. The Hall–Kier alpha value is -0.970. The van der Waals surface area contributed by atoms with Crippen molar-refractivity contribution in [1.82, 2.24) is 14.8 Å². The third-order valence-corrected chi connectivity index (χ3v) is 5.70. The third-order valence-electron chi connectivity index (χ3n) is 5.70. The van der Waals surface area contributed by atoms with Gasteiger partial charge < -0.3 is 4.74 Å². The number of pyridine rings is 1. The van der Waals surface area contributed by atoms with Crippen molar-refractivity contribution in [3.63, 3.8) is 0 Å². The Labute approximate surface area is 134 Å². The van der Waals surface area contributed by atoms with Crippen molar-refractivity contribution in [1.29, 1.82) is 0 Å². The fourth-order valence-corrected chi connectivity index (χ4v) is 4.12. The second-order valence-electron chi connectivity index (χ2n) is 6.82. The minimum atomic E-state index is 0.427. The fraction of sp³-hybridized carbons (Fsp3) is 0.722. The first-order valence-corrected chi connectivity index (χ1v) is 8.65. The first-order chi connectivity index (χ1) is 10.7. The zero-order valence-electron chi connectivity index (χ0n) is 14.0. The van der Waals surface area contributed by atoms with Crippen molar-refractivity contribution in [2.45, 2.75) is 50.7 Å². The summed E-state index contributed by atoms with van der Waals surface area (Å²) < 4.78 is 5.66. The molecule has 0 radical (unpaired) electrons. The van der Waals surface area contributed by atoms with E-state index >= 15 is 0 Å². The standard InChI is InChI=1S/C18H29N3O/c1-3-22-15-17-4-7-18(20(17)2)8-12-21(13-9-18)14-16-5-10-19-11-6-16/h5-6,10-11,17H,3-4,7-9,12-15H2,1-2H3. The van der Waals surface area contributed by atoms with Gasteiger partial charge in [-0.3, -0.25) is 14.8 Å². The van der Waals surface area contributed by atoms with Crippen LogP contribution in [0, 0.1) is 0 Å². The number of likely N-dealkylation sites (tertiary alicyclic amines) is 2. The molecule has 0 N–H and O–H groups in total. The van der Waals surface area contributed by atoms with E-state index in [-0.39, 0.29) is 0 Å². The number of likely N-dealkylation sites (N-methyl/N-ethyl adjacent to an activating group) is 1. The van der Waals surface area contributed by atoms with E-state index in [4.69, 9.17) is 4.74 Å². The summed E-state index contributed by atoms with van der Waals surface area (Å²) >= 11 is 0. The molecule has 4 heteroatoms. The highest BCUT2D eigenvalue weighted by atomic mass is 16.5. The zero-order chi connectivity index (χ0) is 15.4. The summed E-state index contributed by atoms with van der Waals surface area (Å²) in [5, 5.41) is 0. The molecule has 1 unspecified atom stereocenters. The van der Waals surface area contributed by atoms with Crippen LogP contribution in [0.4, 0.5) is 0 Å². The lowest BCUT2D eigenvalue weighted by Crippen LogP contribution is -2.52. The maximum absolute atomic E-state index is 5.66. The maximum atomic E-state index is 5.66. The van der Waals surface area contributed by atoms with Crippen LogP contribution in [0.2, 0.25) is 0 Å². The molecule has 22 heavy (non-hydrogen) atoms. The molecule has 1 aromatic rings. The number of nitrogens with zero attached hydrogens (tertiary/aromatic N) is 3. The van der Waals surface area contributed by atoms with Gasteiger partial charge in [-0.05, 0) is 57.4 Å². The zero-order valence-corrected chi connectivity index (χ0v) is 14.0. The summed E-state index contributed by atoms with van der Waals surface area (Å²) in [6.07, 6.45) is 8.99. The van der Waals surface area contributed by atoms with E-state index < -0.39 is 0 Å². The van der Waals surface area contributed by atoms with Gasteiger partial charge in [0.2, 0.25) is 0 Å². The number of aromatic nitrogens is 1. The van der Waals surface area contributed by atoms with Gasteiger partial charge >= 0.3 is 0 Å². The molecule has 2 fully saturated rings. The minimum absolute atomic E-state index is 0.427. The summed E-state index contributed by atoms with van der Waals surface area (Å²) in [4.78, 5) is 9.32. The molecule has 0 saturated carbocycles. The van der Waals surface area contributed by atoms with Crippen molar-refractivity contribution >= 4 is 0 Å². The molecular formula is C18H29N3O. The van der Waals surface area contributed by atoms with Crippen molar-refractivity contribution in [2.24, 2.45) is 0 Å². The van der Waals surface area contributed by atoms with E-state index in [2.05, 4.69) is 40.9 Å². The molecule has 1 spiro atoms. The molecule has 0 aliphatic carbocycles. The van der Waals surface area contributed by atoms with Gasteiger partial charge in [-0.1, -0.05) is 0 Å². The van der Waals surface area contributed by atoms with E-state index in [0.29, 0.717) is 11.6 Å². The number of hydrogen-bond donors (Lipinski definition) is 0. The van der Waals surface area contributed by atoms with E-state index in [1.807, 2.05) is 12.4 Å². The molecule has 2 aliphatic rings. The molecule has 4 nitrogen and oxygen atoms in total. The SMILES string of the molecule is CCOCC1CCC2(CCN(Cc3ccncc3)CC2)N1C. The Morgan fingerprint density at radius 1 is 1.23 bits per heavy atom. The number of piperidine rings is 1. The highest BCUT2D eigenvalue weighted by Crippen LogP contribution is 2.40. The second kappa shape index (κ2) is 7.07. The number of hydrogen-bond acceptors (Lipinski definition) is 4. The maximum Gasteiger partial charge on any atom is 0.0621 e. The third kappa shape index (κ3) is 3.34. The molecule has 122 valence electrons. The van der Waals surface area contributed by atoms with Crippen molar-refractivity contribution in [3.05, 3.63) is 30.1 Å². The van der Waals surface area contributed by atoms with E-state index in [0.717, 1.165) is 19.8 Å². The first-order valence-electron chi connectivity index (χ1n) is 8.65. The summed E-state index contributed by atoms with van der Waals surface area (Å²) in [6.45, 7) is 7.28. The highest BCUT2D eigenvalue weighted by molar-refractivity contribution is 5.10. The number of ether oxygens (including phenoxy) is 1. The van der Waals surface area contributed by atoms with Gasteiger partial charge in [-0.25, -0.2) is 0 Å². The monoisotopic (exact) mass is 303 g/mol. The van der Waals surface area contributed by atoms with Crippen LogP contribution in [0.3, 0.4) is 0 Å². The van der Waals surface area contributed by atoms with Crippen LogP contribution in [-0.4, -0.2) is 59.7 Å². The Balaban J connectivity index is 1.53. The van der Waals surface area contributed by atoms with Crippen LogP contribution in [0.15, 0.2) is 24.5 Å².